The van der Waals surface area contributed by atoms with E-state index in [9.17, 15) is 12.8 Å². The molecule has 0 aliphatic carbocycles. The highest BCUT2D eigenvalue weighted by Crippen LogP contribution is 2.19. The lowest BCUT2D eigenvalue weighted by Gasteiger charge is -2.16. The van der Waals surface area contributed by atoms with Crippen molar-refractivity contribution in [2.75, 3.05) is 26.1 Å². The third-order valence-electron chi connectivity index (χ3n) is 2.18. The third kappa shape index (κ3) is 3.64. The molecule has 0 aliphatic heterocycles. The number of nitrogens with two attached hydrogens (primary N) is 1. The zero-order valence-corrected chi connectivity index (χ0v) is 10.6. The maximum atomic E-state index is 13.0. The lowest BCUT2D eigenvalue weighted by atomic mass is 10.3. The number of benzene rings is 1. The van der Waals surface area contributed by atoms with Gasteiger partial charge in [0.05, 0.1) is 24.9 Å². The minimum atomic E-state index is -4.00. The molecule has 6 nitrogen and oxygen atoms in total. The minimum Gasteiger partial charge on any atom is -0.398 e. The van der Waals surface area contributed by atoms with Gasteiger partial charge < -0.3 is 15.6 Å². The Hall–Kier alpha value is -1.22. The molecular formula is C10H15FN2O4S. The van der Waals surface area contributed by atoms with Crippen LogP contribution in [0, 0.1) is 5.82 Å². The molecule has 18 heavy (non-hydrogen) atoms. The van der Waals surface area contributed by atoms with Crippen molar-refractivity contribution >= 4 is 15.7 Å². The Morgan fingerprint density at radius 2 is 2.22 bits per heavy atom. The van der Waals surface area contributed by atoms with Crippen LogP contribution in [0.5, 0.6) is 0 Å². The van der Waals surface area contributed by atoms with Crippen LogP contribution in [0.1, 0.15) is 0 Å². The van der Waals surface area contributed by atoms with Gasteiger partial charge in [0.2, 0.25) is 10.0 Å². The van der Waals surface area contributed by atoms with Gasteiger partial charge in [-0.1, -0.05) is 0 Å². The van der Waals surface area contributed by atoms with E-state index in [1.807, 2.05) is 0 Å². The van der Waals surface area contributed by atoms with Gasteiger partial charge in [-0.05, 0) is 18.2 Å². The van der Waals surface area contributed by atoms with E-state index in [-0.39, 0.29) is 17.2 Å². The first-order valence-electron chi connectivity index (χ1n) is 5.08. The van der Waals surface area contributed by atoms with Crippen LogP contribution in [-0.4, -0.2) is 39.9 Å². The molecule has 1 unspecified atom stereocenters. The topological polar surface area (TPSA) is 102 Å². The van der Waals surface area contributed by atoms with Crippen molar-refractivity contribution in [3.05, 3.63) is 24.0 Å². The largest absolute Gasteiger partial charge is 0.398 e. The average molecular weight is 278 g/mol. The lowest BCUT2D eigenvalue weighted by Crippen LogP contribution is -2.40. The van der Waals surface area contributed by atoms with E-state index in [0.29, 0.717) is 0 Å². The van der Waals surface area contributed by atoms with Crippen molar-refractivity contribution in [3.63, 3.8) is 0 Å². The van der Waals surface area contributed by atoms with E-state index in [0.717, 1.165) is 18.2 Å². The van der Waals surface area contributed by atoms with Crippen LogP contribution in [-0.2, 0) is 14.8 Å². The van der Waals surface area contributed by atoms with E-state index >= 15 is 0 Å². The Kier molecular flexibility index (Phi) is 5.03. The van der Waals surface area contributed by atoms with Crippen LogP contribution in [0.2, 0.25) is 0 Å². The highest BCUT2D eigenvalue weighted by atomic mass is 32.2. The number of anilines is 1. The van der Waals surface area contributed by atoms with Crippen LogP contribution in [0.25, 0.3) is 0 Å². The molecule has 0 saturated heterocycles. The quantitative estimate of drug-likeness (QED) is 0.620. The van der Waals surface area contributed by atoms with Crippen molar-refractivity contribution in [3.8, 4) is 0 Å². The summed E-state index contributed by atoms with van der Waals surface area (Å²) >= 11 is 0. The summed E-state index contributed by atoms with van der Waals surface area (Å²) in [6, 6.07) is 2.22. The van der Waals surface area contributed by atoms with Gasteiger partial charge in [0.25, 0.3) is 0 Å². The molecule has 0 aromatic heterocycles. The van der Waals surface area contributed by atoms with Crippen LogP contribution in [0.15, 0.2) is 23.1 Å². The first-order chi connectivity index (χ1) is 8.40. The molecule has 0 bridgehead atoms. The molecule has 1 aromatic rings. The number of hydrogen-bond acceptors (Lipinski definition) is 5. The number of halogens is 1. The molecule has 0 heterocycles. The third-order valence-corrected chi connectivity index (χ3v) is 3.75. The molecule has 0 amide bonds. The molecule has 0 spiro atoms. The zero-order chi connectivity index (χ0) is 13.8. The van der Waals surface area contributed by atoms with Crippen molar-refractivity contribution in [2.24, 2.45) is 0 Å². The fourth-order valence-electron chi connectivity index (χ4n) is 1.35. The van der Waals surface area contributed by atoms with E-state index in [2.05, 4.69) is 4.72 Å². The number of ether oxygens (including phenoxy) is 1. The summed E-state index contributed by atoms with van der Waals surface area (Å²) in [5, 5.41) is 8.98. The molecule has 0 saturated carbocycles. The molecule has 8 heteroatoms. The van der Waals surface area contributed by atoms with Gasteiger partial charge >= 0.3 is 0 Å². The smallest absolute Gasteiger partial charge is 0.243 e. The van der Waals surface area contributed by atoms with Gasteiger partial charge in [-0.15, -0.1) is 0 Å². The summed E-state index contributed by atoms with van der Waals surface area (Å²) in [5.74, 6) is -0.711. The summed E-state index contributed by atoms with van der Waals surface area (Å²) in [4.78, 5) is -0.364. The molecule has 0 radical (unpaired) electrons. The number of sulfonamides is 1. The SMILES string of the molecule is COCC(CO)NS(=O)(=O)c1cc(F)ccc1N. The zero-order valence-electron chi connectivity index (χ0n) is 9.76. The second-order valence-electron chi connectivity index (χ2n) is 3.64. The number of methoxy groups -OCH3 is 1. The summed E-state index contributed by atoms with van der Waals surface area (Å²) in [6.07, 6.45) is 0. The van der Waals surface area contributed by atoms with Crippen molar-refractivity contribution in [1.82, 2.24) is 4.72 Å². The summed E-state index contributed by atoms with van der Waals surface area (Å²) in [7, 11) is -2.63. The Morgan fingerprint density at radius 1 is 1.56 bits per heavy atom. The number of nitrogens with one attached hydrogen (secondary N) is 1. The van der Waals surface area contributed by atoms with E-state index in [4.69, 9.17) is 15.6 Å². The van der Waals surface area contributed by atoms with Gasteiger partial charge in [-0.3, -0.25) is 0 Å². The van der Waals surface area contributed by atoms with Crippen LogP contribution in [0.4, 0.5) is 10.1 Å². The van der Waals surface area contributed by atoms with Gasteiger partial charge in [0, 0.05) is 7.11 Å². The highest BCUT2D eigenvalue weighted by molar-refractivity contribution is 7.89. The fourth-order valence-corrected chi connectivity index (χ4v) is 2.70. The Bertz CT molecular complexity index is 507. The van der Waals surface area contributed by atoms with Crippen LogP contribution >= 0.6 is 0 Å². The normalized spacial score (nSPS) is 13.5. The predicted octanol–water partition coefficient (Wildman–Crippen LogP) is -0.306. The molecule has 4 N–H and O–H groups in total. The molecule has 0 fully saturated rings. The van der Waals surface area contributed by atoms with Crippen molar-refractivity contribution < 1.29 is 22.7 Å². The van der Waals surface area contributed by atoms with Gasteiger partial charge in [-0.2, -0.15) is 0 Å². The van der Waals surface area contributed by atoms with E-state index < -0.39 is 28.5 Å². The number of aliphatic hydroxyl groups excluding tert-OH is 1. The average Bonchev–Trinajstić information content (AvgIpc) is 2.31. The maximum absolute atomic E-state index is 13.0. The van der Waals surface area contributed by atoms with E-state index in [1.54, 1.807) is 0 Å². The maximum Gasteiger partial charge on any atom is 0.243 e. The van der Waals surface area contributed by atoms with Gasteiger partial charge in [-0.25, -0.2) is 17.5 Å². The molecule has 102 valence electrons. The molecule has 1 rings (SSSR count). The Balaban J connectivity index is 3.02. The molecule has 1 aromatic carbocycles. The number of nitrogen functional groups attached to an aromatic ring is 1. The first-order valence-corrected chi connectivity index (χ1v) is 6.56. The minimum absolute atomic E-state index is 0.00898. The van der Waals surface area contributed by atoms with E-state index in [1.165, 1.54) is 7.11 Å². The molecule has 0 aliphatic rings. The monoisotopic (exact) mass is 278 g/mol. The van der Waals surface area contributed by atoms with Crippen LogP contribution in [0.3, 0.4) is 0 Å². The molecular weight excluding hydrogens is 263 g/mol. The summed E-state index contributed by atoms with van der Waals surface area (Å²) in [6.45, 7) is -0.451. The predicted molar refractivity (Wildman–Crippen MR) is 63.9 cm³/mol. The lowest BCUT2D eigenvalue weighted by molar-refractivity contribution is 0.139. The first kappa shape index (κ1) is 14.8. The standard InChI is InChI=1S/C10H15FN2O4S/c1-17-6-8(5-14)13-18(15,16)10-4-7(11)2-3-9(10)12/h2-4,8,13-14H,5-6,12H2,1H3. The fraction of sp³-hybridized carbons (Fsp3) is 0.400. The number of aliphatic hydroxyl groups is 1. The van der Waals surface area contributed by atoms with Crippen molar-refractivity contribution in [1.29, 1.82) is 0 Å². The summed E-state index contributed by atoms with van der Waals surface area (Å²) < 4.78 is 43.8. The summed E-state index contributed by atoms with van der Waals surface area (Å²) in [5.41, 5.74) is 5.42. The Labute approximate surface area is 105 Å². The number of hydrogen-bond donors (Lipinski definition) is 3. The second kappa shape index (κ2) is 6.10. The number of rotatable bonds is 6. The molecule has 1 atom stereocenters. The van der Waals surface area contributed by atoms with Gasteiger partial charge in [0.1, 0.15) is 10.7 Å². The highest BCUT2D eigenvalue weighted by Gasteiger charge is 2.22. The van der Waals surface area contributed by atoms with Crippen LogP contribution < -0.4 is 10.5 Å². The van der Waals surface area contributed by atoms with Crippen molar-refractivity contribution in [2.45, 2.75) is 10.9 Å². The second-order valence-corrected chi connectivity index (χ2v) is 5.32. The Morgan fingerprint density at radius 3 is 2.78 bits per heavy atom. The van der Waals surface area contributed by atoms with Gasteiger partial charge in [0.15, 0.2) is 0 Å².